The maximum absolute atomic E-state index is 5.25. The molecule has 8 heteroatoms. The van der Waals surface area contributed by atoms with Gasteiger partial charge in [0.05, 0.1) is 13.0 Å². The Kier molecular flexibility index (Phi) is 3.15. The third-order valence-corrected chi connectivity index (χ3v) is 3.04. The number of aromatic nitrogens is 7. The molecule has 0 saturated carbocycles. The van der Waals surface area contributed by atoms with Crippen LogP contribution in [0.5, 0.6) is 0 Å². The highest BCUT2D eigenvalue weighted by atomic mass is 32.1. The quantitative estimate of drug-likeness (QED) is 0.695. The van der Waals surface area contributed by atoms with Crippen molar-refractivity contribution < 1.29 is 0 Å². The van der Waals surface area contributed by atoms with Crippen LogP contribution >= 0.6 is 12.2 Å². The van der Waals surface area contributed by atoms with Crippen molar-refractivity contribution in [3.05, 3.63) is 52.3 Å². The Hall–Kier alpha value is -2.35. The third-order valence-electron chi connectivity index (χ3n) is 2.73. The average molecular weight is 273 g/mol. The summed E-state index contributed by atoms with van der Waals surface area (Å²) in [5.74, 6) is 1.37. The molecular formula is C11H11N7S. The van der Waals surface area contributed by atoms with Gasteiger partial charge in [-0.15, -0.1) is 10.2 Å². The van der Waals surface area contributed by atoms with Crippen LogP contribution in [0, 0.1) is 4.77 Å². The number of nitrogens with one attached hydrogen (secondary N) is 2. The van der Waals surface area contributed by atoms with Gasteiger partial charge in [-0.25, -0.2) is 0 Å². The number of hydrogen-bond acceptors (Lipinski definition) is 5. The molecular weight excluding hydrogens is 262 g/mol. The third kappa shape index (κ3) is 2.58. The molecule has 1 aromatic carbocycles. The van der Waals surface area contributed by atoms with E-state index in [4.69, 9.17) is 12.2 Å². The lowest BCUT2D eigenvalue weighted by molar-refractivity contribution is 0.721. The van der Waals surface area contributed by atoms with E-state index in [0.29, 0.717) is 23.6 Å². The van der Waals surface area contributed by atoms with Crippen molar-refractivity contribution >= 4 is 12.2 Å². The molecule has 19 heavy (non-hydrogen) atoms. The predicted molar refractivity (Wildman–Crippen MR) is 69.9 cm³/mol. The number of aromatic amines is 2. The van der Waals surface area contributed by atoms with Crippen molar-refractivity contribution in [2.75, 3.05) is 0 Å². The summed E-state index contributed by atoms with van der Waals surface area (Å²) in [4.78, 5) is 0. The summed E-state index contributed by atoms with van der Waals surface area (Å²) in [6, 6.07) is 10.1. The van der Waals surface area contributed by atoms with E-state index >= 15 is 0 Å². The first-order chi connectivity index (χ1) is 9.33. The average Bonchev–Trinajstić information content (AvgIpc) is 3.05. The highest BCUT2D eigenvalue weighted by Gasteiger charge is 2.10. The molecule has 0 bridgehead atoms. The van der Waals surface area contributed by atoms with Crippen molar-refractivity contribution in [1.29, 1.82) is 0 Å². The molecule has 0 amide bonds. The van der Waals surface area contributed by atoms with E-state index in [2.05, 4.69) is 30.8 Å². The largest absolute Gasteiger partial charge is 0.299 e. The van der Waals surface area contributed by atoms with Gasteiger partial charge in [-0.2, -0.15) is 10.3 Å². The Morgan fingerprint density at radius 1 is 1.16 bits per heavy atom. The van der Waals surface area contributed by atoms with E-state index in [9.17, 15) is 0 Å². The number of benzene rings is 1. The first-order valence-electron chi connectivity index (χ1n) is 5.73. The zero-order valence-electron chi connectivity index (χ0n) is 9.95. The summed E-state index contributed by atoms with van der Waals surface area (Å²) < 4.78 is 2.52. The molecule has 2 heterocycles. The molecule has 0 saturated heterocycles. The maximum Gasteiger partial charge on any atom is 0.195 e. The molecule has 0 atom stereocenters. The Morgan fingerprint density at radius 2 is 2.00 bits per heavy atom. The van der Waals surface area contributed by atoms with Gasteiger partial charge in [0.2, 0.25) is 0 Å². The number of nitrogens with zero attached hydrogens (tertiary/aromatic N) is 5. The second-order valence-electron chi connectivity index (χ2n) is 4.02. The molecule has 0 aliphatic heterocycles. The van der Waals surface area contributed by atoms with Gasteiger partial charge >= 0.3 is 0 Å². The van der Waals surface area contributed by atoms with E-state index in [0.717, 1.165) is 11.4 Å². The lowest BCUT2D eigenvalue weighted by Crippen LogP contribution is -2.07. The van der Waals surface area contributed by atoms with Gasteiger partial charge in [-0.1, -0.05) is 35.5 Å². The highest BCUT2D eigenvalue weighted by Crippen LogP contribution is 2.08. The second kappa shape index (κ2) is 5.11. The van der Waals surface area contributed by atoms with Crippen molar-refractivity contribution in [3.8, 4) is 0 Å². The van der Waals surface area contributed by atoms with Crippen LogP contribution in [-0.2, 0) is 13.0 Å². The molecule has 2 N–H and O–H groups in total. The number of H-pyrrole nitrogens is 2. The van der Waals surface area contributed by atoms with Crippen LogP contribution < -0.4 is 0 Å². The van der Waals surface area contributed by atoms with Gasteiger partial charge in [0.25, 0.3) is 0 Å². The van der Waals surface area contributed by atoms with Crippen LogP contribution in [0.15, 0.2) is 30.3 Å². The summed E-state index contributed by atoms with van der Waals surface area (Å²) in [6.07, 6.45) is 0.483. The molecule has 0 spiro atoms. The van der Waals surface area contributed by atoms with Crippen molar-refractivity contribution in [2.45, 2.75) is 13.0 Å². The maximum atomic E-state index is 5.25. The predicted octanol–water partition coefficient (Wildman–Crippen LogP) is 1.09. The first kappa shape index (κ1) is 11.7. The molecule has 3 rings (SSSR count). The molecule has 7 nitrogen and oxygen atoms in total. The first-order valence-corrected chi connectivity index (χ1v) is 6.14. The van der Waals surface area contributed by atoms with E-state index in [-0.39, 0.29) is 0 Å². The van der Waals surface area contributed by atoms with Crippen molar-refractivity contribution in [2.24, 2.45) is 0 Å². The van der Waals surface area contributed by atoms with E-state index in [1.54, 1.807) is 0 Å². The molecule has 0 fully saturated rings. The zero-order chi connectivity index (χ0) is 13.1. The van der Waals surface area contributed by atoms with E-state index < -0.39 is 0 Å². The number of tetrazole rings is 1. The minimum absolute atomic E-state index is 0.483. The van der Waals surface area contributed by atoms with Crippen LogP contribution in [-0.4, -0.2) is 35.4 Å². The highest BCUT2D eigenvalue weighted by molar-refractivity contribution is 7.71. The fourth-order valence-corrected chi connectivity index (χ4v) is 2.03. The van der Waals surface area contributed by atoms with Crippen LogP contribution in [0.4, 0.5) is 0 Å². The van der Waals surface area contributed by atoms with Gasteiger partial charge in [0.15, 0.2) is 10.6 Å². The summed E-state index contributed by atoms with van der Waals surface area (Å²) in [5.41, 5.74) is 1.16. The SMILES string of the molecule is S=c1[nH]nc(Cc2nn[nH]n2)n1Cc1ccccc1. The minimum Gasteiger partial charge on any atom is -0.299 e. The van der Waals surface area contributed by atoms with Gasteiger partial charge < -0.3 is 0 Å². The normalized spacial score (nSPS) is 10.7. The topological polar surface area (TPSA) is 88.1 Å². The fraction of sp³-hybridized carbons (Fsp3) is 0.182. The monoisotopic (exact) mass is 273 g/mol. The second-order valence-corrected chi connectivity index (χ2v) is 4.41. The smallest absolute Gasteiger partial charge is 0.195 e. The summed E-state index contributed by atoms with van der Waals surface area (Å²) in [6.45, 7) is 0.670. The van der Waals surface area contributed by atoms with E-state index in [1.807, 2.05) is 34.9 Å². The summed E-state index contributed by atoms with van der Waals surface area (Å²) >= 11 is 5.25. The van der Waals surface area contributed by atoms with Gasteiger partial charge in [0, 0.05) is 0 Å². The molecule has 0 aliphatic carbocycles. The summed E-state index contributed by atoms with van der Waals surface area (Å²) in [7, 11) is 0. The Labute approximate surface area is 113 Å². The lowest BCUT2D eigenvalue weighted by atomic mass is 10.2. The summed E-state index contributed by atoms with van der Waals surface area (Å²) in [5, 5.41) is 20.8. The van der Waals surface area contributed by atoms with E-state index in [1.165, 1.54) is 0 Å². The van der Waals surface area contributed by atoms with Crippen LogP contribution in [0.1, 0.15) is 17.2 Å². The Balaban J connectivity index is 1.89. The van der Waals surface area contributed by atoms with Gasteiger partial charge in [-0.3, -0.25) is 9.67 Å². The molecule has 3 aromatic rings. The molecule has 0 unspecified atom stereocenters. The van der Waals surface area contributed by atoms with Crippen molar-refractivity contribution in [3.63, 3.8) is 0 Å². The zero-order valence-corrected chi connectivity index (χ0v) is 10.8. The molecule has 2 aromatic heterocycles. The van der Waals surface area contributed by atoms with Gasteiger partial charge in [0.1, 0.15) is 5.82 Å². The van der Waals surface area contributed by atoms with Crippen LogP contribution in [0.3, 0.4) is 0 Å². The molecule has 0 aliphatic rings. The number of rotatable bonds is 4. The van der Waals surface area contributed by atoms with Crippen LogP contribution in [0.2, 0.25) is 0 Å². The molecule has 96 valence electrons. The molecule has 0 radical (unpaired) electrons. The number of hydrogen-bond donors (Lipinski definition) is 2. The van der Waals surface area contributed by atoms with Crippen LogP contribution in [0.25, 0.3) is 0 Å². The Morgan fingerprint density at radius 3 is 2.74 bits per heavy atom. The van der Waals surface area contributed by atoms with Crippen molar-refractivity contribution in [1.82, 2.24) is 35.4 Å². The fourth-order valence-electron chi connectivity index (χ4n) is 1.81. The lowest BCUT2D eigenvalue weighted by Gasteiger charge is -2.05. The standard InChI is InChI=1S/C11H11N7S/c19-11-15-14-10(6-9-12-16-17-13-9)18(11)7-8-4-2-1-3-5-8/h1-5H,6-7H2,(H,15,19)(H,12,13,16,17). The van der Waals surface area contributed by atoms with Gasteiger partial charge in [-0.05, 0) is 17.8 Å². The Bertz CT molecular complexity index is 698. The minimum atomic E-state index is 0.483.